The monoisotopic (exact) mass is 412 g/mol. The van der Waals surface area contributed by atoms with Crippen molar-refractivity contribution < 1.29 is 28.8 Å². The highest BCUT2D eigenvalue weighted by Crippen LogP contribution is 2.30. The summed E-state index contributed by atoms with van der Waals surface area (Å²) in [7, 11) is 4.63. The Kier molecular flexibility index (Phi) is 6.63. The summed E-state index contributed by atoms with van der Waals surface area (Å²) in [5.74, 6) is 0. The Balaban J connectivity index is 1.54. The van der Waals surface area contributed by atoms with E-state index in [4.69, 9.17) is 23.7 Å². The number of benzene rings is 3. The first-order chi connectivity index (χ1) is 14.7. The van der Waals surface area contributed by atoms with Crippen molar-refractivity contribution >= 4 is 21.5 Å². The van der Waals surface area contributed by atoms with Crippen molar-refractivity contribution in [1.29, 1.82) is 0 Å². The second kappa shape index (κ2) is 9.39. The number of fused-ring (bicyclic) bond motifs is 2. The lowest BCUT2D eigenvalue weighted by Gasteiger charge is -2.42. The van der Waals surface area contributed by atoms with Crippen LogP contribution in [-0.2, 0) is 30.3 Å². The Hall–Kier alpha value is -2.06. The fourth-order valence-corrected chi connectivity index (χ4v) is 4.28. The minimum atomic E-state index is -0.893. The van der Waals surface area contributed by atoms with Crippen molar-refractivity contribution in [2.75, 3.05) is 27.9 Å². The molecule has 6 heteroatoms. The molecule has 0 unspecified atom stereocenters. The van der Waals surface area contributed by atoms with E-state index in [9.17, 15) is 5.11 Å². The highest BCUT2D eigenvalue weighted by atomic mass is 16.7. The maximum Gasteiger partial charge on any atom is 0.186 e. The van der Waals surface area contributed by atoms with Crippen molar-refractivity contribution in [3.8, 4) is 0 Å². The van der Waals surface area contributed by atoms with Crippen LogP contribution in [0, 0.1) is 0 Å². The Morgan fingerprint density at radius 1 is 0.833 bits per heavy atom. The van der Waals surface area contributed by atoms with Gasteiger partial charge >= 0.3 is 0 Å². The zero-order valence-electron chi connectivity index (χ0n) is 17.5. The van der Waals surface area contributed by atoms with E-state index >= 15 is 0 Å². The van der Waals surface area contributed by atoms with Gasteiger partial charge in [-0.3, -0.25) is 0 Å². The van der Waals surface area contributed by atoms with Crippen molar-refractivity contribution in [2.45, 2.75) is 37.3 Å². The third kappa shape index (κ3) is 3.95. The fourth-order valence-electron chi connectivity index (χ4n) is 4.28. The number of aliphatic hydroxyl groups excluding tert-OH is 1. The van der Waals surface area contributed by atoms with Gasteiger partial charge < -0.3 is 28.8 Å². The molecule has 0 aliphatic carbocycles. The molecule has 4 rings (SSSR count). The van der Waals surface area contributed by atoms with Gasteiger partial charge in [0, 0.05) is 21.3 Å². The summed E-state index contributed by atoms with van der Waals surface area (Å²) < 4.78 is 28.2. The third-order valence-corrected chi connectivity index (χ3v) is 5.81. The molecule has 0 bridgehead atoms. The zero-order valence-corrected chi connectivity index (χ0v) is 17.5. The van der Waals surface area contributed by atoms with E-state index in [0.717, 1.165) is 16.3 Å². The molecule has 1 saturated heterocycles. The zero-order chi connectivity index (χ0) is 21.1. The van der Waals surface area contributed by atoms with Gasteiger partial charge in [-0.05, 0) is 33.2 Å². The lowest BCUT2D eigenvalue weighted by Crippen LogP contribution is -2.60. The van der Waals surface area contributed by atoms with Gasteiger partial charge in [0.25, 0.3) is 0 Å². The van der Waals surface area contributed by atoms with Gasteiger partial charge in [0.05, 0.1) is 13.2 Å². The van der Waals surface area contributed by atoms with Gasteiger partial charge in [-0.25, -0.2) is 0 Å². The third-order valence-electron chi connectivity index (χ3n) is 5.81. The Morgan fingerprint density at radius 3 is 2.00 bits per heavy atom. The van der Waals surface area contributed by atoms with Crippen LogP contribution >= 0.6 is 0 Å². The van der Waals surface area contributed by atoms with Crippen LogP contribution in [0.2, 0.25) is 0 Å². The summed E-state index contributed by atoms with van der Waals surface area (Å²) in [6, 6.07) is 18.8. The summed E-state index contributed by atoms with van der Waals surface area (Å²) in [6.07, 6.45) is -3.22. The Bertz CT molecular complexity index is 936. The molecule has 0 spiro atoms. The van der Waals surface area contributed by atoms with Crippen LogP contribution in [0.4, 0.5) is 0 Å². The Labute approximate surface area is 176 Å². The molecular formula is C24H28O6. The summed E-state index contributed by atoms with van der Waals surface area (Å²) in [4.78, 5) is 0. The van der Waals surface area contributed by atoms with E-state index in [1.807, 2.05) is 24.3 Å². The maximum atomic E-state index is 10.7. The molecular weight excluding hydrogens is 384 g/mol. The summed E-state index contributed by atoms with van der Waals surface area (Å²) in [5, 5.41) is 15.4. The maximum absolute atomic E-state index is 10.7. The number of hydrogen-bond acceptors (Lipinski definition) is 6. The summed E-state index contributed by atoms with van der Waals surface area (Å²) >= 11 is 0. The highest BCUT2D eigenvalue weighted by Gasteiger charge is 2.46. The van der Waals surface area contributed by atoms with Crippen LogP contribution in [-0.4, -0.2) is 63.7 Å². The topological polar surface area (TPSA) is 66.4 Å². The molecule has 1 aliphatic rings. The molecule has 30 heavy (non-hydrogen) atoms. The molecule has 1 fully saturated rings. The van der Waals surface area contributed by atoms with E-state index in [0.29, 0.717) is 6.61 Å². The quantitative estimate of drug-likeness (QED) is 0.601. The molecule has 0 radical (unpaired) electrons. The number of ether oxygens (including phenoxy) is 5. The van der Waals surface area contributed by atoms with Gasteiger partial charge in [0.2, 0.25) is 0 Å². The average Bonchev–Trinajstić information content (AvgIpc) is 2.79. The fraction of sp³-hybridized carbons (Fsp3) is 0.417. The first-order valence-electron chi connectivity index (χ1n) is 10.1. The molecule has 1 aliphatic heterocycles. The van der Waals surface area contributed by atoms with Crippen LogP contribution in [0.15, 0.2) is 54.6 Å². The summed E-state index contributed by atoms with van der Waals surface area (Å²) in [5.41, 5.74) is 1.12. The lowest BCUT2D eigenvalue weighted by atomic mass is 9.97. The minimum absolute atomic E-state index is 0.203. The first-order valence-corrected chi connectivity index (χ1v) is 10.1. The smallest absolute Gasteiger partial charge is 0.186 e. The standard InChI is InChI=1S/C24H28O6/c1-26-22-21(25)20(30-24(28-3)23(22)27-2)14-29-13-19-17-10-6-4-8-15(17)12-16-9-5-7-11-18(16)19/h4-12,20-25H,13-14H2,1-3H3/t20-,21-,22+,23-,24+/m1/s1. The van der Waals surface area contributed by atoms with E-state index in [1.54, 1.807) is 14.2 Å². The predicted octanol–water partition coefficient (Wildman–Crippen LogP) is 3.27. The number of methoxy groups -OCH3 is 3. The van der Waals surface area contributed by atoms with Crippen molar-refractivity contribution in [1.82, 2.24) is 0 Å². The normalized spacial score (nSPS) is 27.0. The van der Waals surface area contributed by atoms with Gasteiger partial charge in [-0.2, -0.15) is 0 Å². The van der Waals surface area contributed by atoms with Crippen LogP contribution in [0.3, 0.4) is 0 Å². The van der Waals surface area contributed by atoms with Gasteiger partial charge in [-0.1, -0.05) is 48.5 Å². The predicted molar refractivity (Wildman–Crippen MR) is 114 cm³/mol. The largest absolute Gasteiger partial charge is 0.387 e. The van der Waals surface area contributed by atoms with Crippen molar-refractivity contribution in [2.24, 2.45) is 0 Å². The first kappa shape index (κ1) is 21.2. The molecule has 3 aromatic carbocycles. The minimum Gasteiger partial charge on any atom is -0.387 e. The van der Waals surface area contributed by atoms with E-state index in [-0.39, 0.29) is 6.61 Å². The Morgan fingerprint density at radius 2 is 1.43 bits per heavy atom. The molecule has 1 N–H and O–H groups in total. The number of rotatable bonds is 7. The molecule has 0 amide bonds. The molecule has 0 aromatic heterocycles. The second-order valence-electron chi connectivity index (χ2n) is 7.48. The van der Waals surface area contributed by atoms with Crippen LogP contribution in [0.25, 0.3) is 21.5 Å². The molecule has 1 heterocycles. The molecule has 6 nitrogen and oxygen atoms in total. The molecule has 3 aromatic rings. The van der Waals surface area contributed by atoms with Crippen LogP contribution in [0.5, 0.6) is 0 Å². The lowest BCUT2D eigenvalue weighted by molar-refractivity contribution is -0.305. The van der Waals surface area contributed by atoms with E-state index < -0.39 is 30.7 Å². The van der Waals surface area contributed by atoms with Crippen molar-refractivity contribution in [3.05, 3.63) is 60.2 Å². The van der Waals surface area contributed by atoms with E-state index in [2.05, 4.69) is 30.3 Å². The summed E-state index contributed by atoms with van der Waals surface area (Å²) in [6.45, 7) is 0.603. The van der Waals surface area contributed by atoms with E-state index in [1.165, 1.54) is 17.9 Å². The number of hydrogen-bond donors (Lipinski definition) is 1. The average molecular weight is 412 g/mol. The second-order valence-corrected chi connectivity index (χ2v) is 7.48. The van der Waals surface area contributed by atoms with Crippen molar-refractivity contribution in [3.63, 3.8) is 0 Å². The number of aliphatic hydroxyl groups is 1. The highest BCUT2D eigenvalue weighted by molar-refractivity contribution is 6.02. The van der Waals surface area contributed by atoms with Gasteiger partial charge in [-0.15, -0.1) is 0 Å². The van der Waals surface area contributed by atoms with Crippen LogP contribution < -0.4 is 0 Å². The molecule has 0 saturated carbocycles. The van der Waals surface area contributed by atoms with Gasteiger partial charge in [0.15, 0.2) is 6.29 Å². The molecule has 5 atom stereocenters. The SMILES string of the molecule is CO[C@H]1O[C@H](COCc2c3ccccc3cc3ccccc23)[C@@H](O)[C@H](OC)[C@H]1OC. The van der Waals surface area contributed by atoms with Gasteiger partial charge in [0.1, 0.15) is 24.4 Å². The van der Waals surface area contributed by atoms with Crippen LogP contribution in [0.1, 0.15) is 5.56 Å². The molecule has 160 valence electrons.